The first-order chi connectivity index (χ1) is 12.1. The summed E-state index contributed by atoms with van der Waals surface area (Å²) in [7, 11) is 0. The second-order valence-corrected chi connectivity index (χ2v) is 5.97. The summed E-state index contributed by atoms with van der Waals surface area (Å²) in [6.07, 6.45) is -4.60. The van der Waals surface area contributed by atoms with Crippen molar-refractivity contribution in [3.63, 3.8) is 0 Å². The Morgan fingerprint density at radius 3 is 2.38 bits per heavy atom. The molecule has 1 aromatic carbocycles. The van der Waals surface area contributed by atoms with E-state index in [1.165, 1.54) is 0 Å². The summed E-state index contributed by atoms with van der Waals surface area (Å²) in [6, 6.07) is 3.45. The number of halogens is 5. The van der Waals surface area contributed by atoms with Crippen LogP contribution in [0.15, 0.2) is 17.1 Å². The summed E-state index contributed by atoms with van der Waals surface area (Å²) in [5.41, 5.74) is -0.538. The molecule has 10 heteroatoms. The number of hydrogen-bond acceptors (Lipinski definition) is 4. The maximum absolute atomic E-state index is 12.9. The quantitative estimate of drug-likeness (QED) is 0.503. The van der Waals surface area contributed by atoms with Crippen LogP contribution in [0, 0.1) is 18.3 Å². The number of hydrogen-bond donors (Lipinski definition) is 0. The molecule has 0 unspecified atom stereocenters. The van der Waals surface area contributed by atoms with Gasteiger partial charge in [0.15, 0.2) is 11.7 Å². The van der Waals surface area contributed by atoms with Gasteiger partial charge < -0.3 is 4.74 Å². The van der Waals surface area contributed by atoms with E-state index in [4.69, 9.17) is 27.9 Å². The summed E-state index contributed by atoms with van der Waals surface area (Å²) >= 11 is 12.1. The Kier molecular flexibility index (Phi) is 5.84. The predicted octanol–water partition coefficient (Wildman–Crippen LogP) is 5.46. The van der Waals surface area contributed by atoms with Gasteiger partial charge in [0.2, 0.25) is 0 Å². The number of nitrogens with zero attached hydrogens (tertiary/aromatic N) is 4. The molecular formula is C16H13Cl2F3N4O. The van der Waals surface area contributed by atoms with Crippen LogP contribution in [0.1, 0.15) is 30.7 Å². The molecule has 0 saturated heterocycles. The van der Waals surface area contributed by atoms with Crippen LogP contribution in [0.5, 0.6) is 0 Å². The summed E-state index contributed by atoms with van der Waals surface area (Å²) in [5, 5.41) is 13.0. The van der Waals surface area contributed by atoms with E-state index >= 15 is 0 Å². The first-order valence-electron chi connectivity index (χ1n) is 7.34. The molecule has 0 radical (unpaired) electrons. The number of ether oxygens (including phenoxy) is 1. The molecule has 1 aromatic heterocycles. The van der Waals surface area contributed by atoms with Gasteiger partial charge in [-0.2, -0.15) is 28.5 Å². The van der Waals surface area contributed by atoms with E-state index in [0.29, 0.717) is 12.3 Å². The van der Waals surface area contributed by atoms with Crippen molar-refractivity contribution in [1.82, 2.24) is 9.78 Å². The molecule has 5 nitrogen and oxygen atoms in total. The first-order valence-corrected chi connectivity index (χ1v) is 8.10. The average molecular weight is 405 g/mol. The lowest BCUT2D eigenvalue weighted by molar-refractivity contribution is -0.137. The molecule has 0 aliphatic heterocycles. The molecule has 138 valence electrons. The number of aliphatic imine (C=N–C) groups is 1. The second-order valence-electron chi connectivity index (χ2n) is 5.16. The predicted molar refractivity (Wildman–Crippen MR) is 92.4 cm³/mol. The number of nitriles is 1. The van der Waals surface area contributed by atoms with E-state index in [2.05, 4.69) is 10.1 Å². The van der Waals surface area contributed by atoms with Crippen molar-refractivity contribution in [2.45, 2.75) is 26.9 Å². The molecule has 0 N–H and O–H groups in total. The van der Waals surface area contributed by atoms with Gasteiger partial charge in [-0.05, 0) is 26.0 Å². The molecule has 1 heterocycles. The molecule has 0 bridgehead atoms. The smallest absolute Gasteiger partial charge is 0.416 e. The molecule has 0 atom stereocenters. The molecular weight excluding hydrogens is 392 g/mol. The van der Waals surface area contributed by atoms with Gasteiger partial charge in [-0.15, -0.1) is 0 Å². The minimum Gasteiger partial charge on any atom is -0.481 e. The van der Waals surface area contributed by atoms with Gasteiger partial charge in [-0.1, -0.05) is 23.2 Å². The van der Waals surface area contributed by atoms with Crippen LogP contribution in [0.25, 0.3) is 5.69 Å². The fourth-order valence-corrected chi connectivity index (χ4v) is 2.87. The van der Waals surface area contributed by atoms with Gasteiger partial charge in [0.05, 0.1) is 27.9 Å². The second kappa shape index (κ2) is 7.56. The number of benzene rings is 1. The Hall–Kier alpha value is -2.24. The van der Waals surface area contributed by atoms with E-state index in [-0.39, 0.29) is 33.0 Å². The fraction of sp³-hybridized carbons (Fsp3) is 0.312. The van der Waals surface area contributed by atoms with Gasteiger partial charge in [0, 0.05) is 6.92 Å². The number of rotatable bonds is 3. The fourth-order valence-electron chi connectivity index (χ4n) is 2.23. The van der Waals surface area contributed by atoms with Crippen molar-refractivity contribution < 1.29 is 17.9 Å². The Morgan fingerprint density at radius 2 is 1.92 bits per heavy atom. The van der Waals surface area contributed by atoms with Crippen molar-refractivity contribution in [2.24, 2.45) is 4.99 Å². The largest absolute Gasteiger partial charge is 0.481 e. The van der Waals surface area contributed by atoms with Crippen molar-refractivity contribution in [3.8, 4) is 11.8 Å². The maximum atomic E-state index is 12.9. The van der Waals surface area contributed by atoms with Gasteiger partial charge in [-0.3, -0.25) is 0 Å². The van der Waals surface area contributed by atoms with Gasteiger partial charge in [0.25, 0.3) is 0 Å². The van der Waals surface area contributed by atoms with Crippen molar-refractivity contribution in [1.29, 1.82) is 5.26 Å². The van der Waals surface area contributed by atoms with Gasteiger partial charge in [0.1, 0.15) is 17.3 Å². The van der Waals surface area contributed by atoms with E-state index in [0.717, 1.165) is 16.8 Å². The Balaban J connectivity index is 2.74. The highest BCUT2D eigenvalue weighted by molar-refractivity contribution is 6.38. The minimum absolute atomic E-state index is 0.00557. The third-order valence-corrected chi connectivity index (χ3v) is 3.90. The summed E-state index contributed by atoms with van der Waals surface area (Å²) in [6.45, 7) is 5.26. The molecule has 0 spiro atoms. The zero-order valence-electron chi connectivity index (χ0n) is 13.9. The lowest BCUT2D eigenvalue weighted by Gasteiger charge is -2.13. The minimum atomic E-state index is -4.60. The summed E-state index contributed by atoms with van der Waals surface area (Å²) in [4.78, 5) is 4.20. The Morgan fingerprint density at radius 1 is 1.35 bits per heavy atom. The van der Waals surface area contributed by atoms with Gasteiger partial charge >= 0.3 is 6.18 Å². The number of alkyl halides is 3. The molecule has 2 aromatic rings. The van der Waals surface area contributed by atoms with E-state index in [1.54, 1.807) is 20.8 Å². The van der Waals surface area contributed by atoms with E-state index < -0.39 is 11.7 Å². The Labute approximate surface area is 157 Å². The van der Waals surface area contributed by atoms with E-state index in [9.17, 15) is 18.4 Å². The van der Waals surface area contributed by atoms with Crippen LogP contribution < -0.4 is 0 Å². The van der Waals surface area contributed by atoms with Gasteiger partial charge in [-0.25, -0.2) is 4.68 Å². The topological polar surface area (TPSA) is 63.2 Å². The van der Waals surface area contributed by atoms with Crippen LogP contribution in [0.3, 0.4) is 0 Å². The highest BCUT2D eigenvalue weighted by Crippen LogP contribution is 2.39. The number of aromatic nitrogens is 2. The summed E-state index contributed by atoms with van der Waals surface area (Å²) in [5.74, 6) is 0.323. The highest BCUT2D eigenvalue weighted by atomic mass is 35.5. The van der Waals surface area contributed by atoms with Crippen LogP contribution in [-0.4, -0.2) is 22.3 Å². The lowest BCUT2D eigenvalue weighted by atomic mass is 10.2. The standard InChI is InChI=1S/C16H13Cl2F3N4O/c1-4-26-9(3)23-15-11(7-22)8(2)24-25(15)14-12(17)5-10(6-13(14)18)16(19,20)21/h5-6H,4H2,1-3H3. The van der Waals surface area contributed by atoms with Crippen LogP contribution in [0.4, 0.5) is 19.0 Å². The molecule has 0 saturated carbocycles. The zero-order valence-corrected chi connectivity index (χ0v) is 15.5. The van der Waals surface area contributed by atoms with Crippen molar-refractivity contribution in [2.75, 3.05) is 6.61 Å². The van der Waals surface area contributed by atoms with Crippen molar-refractivity contribution in [3.05, 3.63) is 39.0 Å². The first kappa shape index (κ1) is 20.1. The highest BCUT2D eigenvalue weighted by Gasteiger charge is 2.33. The van der Waals surface area contributed by atoms with Crippen molar-refractivity contribution >= 4 is 34.9 Å². The molecule has 0 amide bonds. The van der Waals surface area contributed by atoms with Crippen LogP contribution in [0.2, 0.25) is 10.0 Å². The monoisotopic (exact) mass is 404 g/mol. The zero-order chi connectivity index (χ0) is 19.6. The SMILES string of the molecule is CCOC(C)=Nc1c(C#N)c(C)nn1-c1c(Cl)cc(C(F)(F)F)cc1Cl. The Bertz CT molecular complexity index is 890. The third-order valence-electron chi connectivity index (χ3n) is 3.32. The molecule has 0 aliphatic rings. The molecule has 0 aliphatic carbocycles. The molecule has 0 fully saturated rings. The molecule has 2 rings (SSSR count). The van der Waals surface area contributed by atoms with Crippen LogP contribution >= 0.6 is 23.2 Å². The van der Waals surface area contributed by atoms with Crippen LogP contribution in [-0.2, 0) is 10.9 Å². The molecule has 26 heavy (non-hydrogen) atoms. The normalized spacial score (nSPS) is 12.2. The number of aryl methyl sites for hydroxylation is 1. The summed E-state index contributed by atoms with van der Waals surface area (Å²) < 4.78 is 45.2. The maximum Gasteiger partial charge on any atom is 0.416 e. The lowest BCUT2D eigenvalue weighted by Crippen LogP contribution is -2.07. The van der Waals surface area contributed by atoms with E-state index in [1.807, 2.05) is 6.07 Å². The third kappa shape index (κ3) is 3.94. The average Bonchev–Trinajstić information content (AvgIpc) is 2.81.